The van der Waals surface area contributed by atoms with Crippen molar-refractivity contribution in [2.75, 3.05) is 33.2 Å². The third-order valence-corrected chi connectivity index (χ3v) is 2.81. The summed E-state index contributed by atoms with van der Waals surface area (Å²) in [5, 5.41) is 0. The zero-order valence-corrected chi connectivity index (χ0v) is 12.0. The molecule has 0 heterocycles. The average molecular weight is 308 g/mol. The van der Waals surface area contributed by atoms with Crippen molar-refractivity contribution < 1.29 is 23.0 Å². The van der Waals surface area contributed by atoms with Crippen LogP contribution >= 0.6 is 11.6 Å². The van der Waals surface area contributed by atoms with E-state index in [2.05, 4.69) is 0 Å². The zero-order valence-electron chi connectivity index (χ0n) is 11.2. The van der Waals surface area contributed by atoms with Crippen LogP contribution in [0.5, 0.6) is 11.5 Å². The lowest BCUT2D eigenvalue weighted by atomic mass is 10.1. The van der Waals surface area contributed by atoms with Gasteiger partial charge in [0.2, 0.25) is 0 Å². The maximum atomic E-state index is 12.5. The van der Waals surface area contributed by atoms with E-state index >= 15 is 0 Å². The molecule has 0 radical (unpaired) electrons. The van der Waals surface area contributed by atoms with E-state index in [0.29, 0.717) is 5.75 Å². The van der Waals surface area contributed by atoms with Gasteiger partial charge in [-0.2, -0.15) is 0 Å². The molecule has 1 aromatic carbocycles. The molecule has 1 amide bonds. The number of nitrogens with zero attached hydrogens (tertiary/aromatic N) is 1. The van der Waals surface area contributed by atoms with Gasteiger partial charge >= 0.3 is 0 Å². The Hall–Kier alpha value is -1.56. The highest BCUT2D eigenvalue weighted by Gasteiger charge is 2.22. The number of rotatable bonds is 7. The van der Waals surface area contributed by atoms with Crippen molar-refractivity contribution in [2.45, 2.75) is 6.43 Å². The van der Waals surface area contributed by atoms with E-state index in [0.717, 1.165) is 4.90 Å². The zero-order chi connectivity index (χ0) is 15.1. The van der Waals surface area contributed by atoms with Gasteiger partial charge in [-0.25, -0.2) is 8.78 Å². The summed E-state index contributed by atoms with van der Waals surface area (Å²) in [4.78, 5) is 13.3. The predicted molar refractivity (Wildman–Crippen MR) is 72.2 cm³/mol. The van der Waals surface area contributed by atoms with Gasteiger partial charge in [0.1, 0.15) is 11.5 Å². The van der Waals surface area contributed by atoms with Crippen molar-refractivity contribution in [1.82, 2.24) is 4.90 Å². The molecule has 0 aliphatic carbocycles. The third kappa shape index (κ3) is 4.23. The third-order valence-electron chi connectivity index (χ3n) is 2.64. The Bertz CT molecular complexity index is 457. The Balaban J connectivity index is 3.04. The summed E-state index contributed by atoms with van der Waals surface area (Å²) in [6, 6.07) is 4.57. The molecule has 1 aromatic rings. The number of hydrogen-bond acceptors (Lipinski definition) is 3. The van der Waals surface area contributed by atoms with E-state index in [1.165, 1.54) is 26.4 Å². The standard InChI is InChI=1S/C13H16ClF2NO3/c1-19-9-3-4-10(11(7-9)20-2)13(18)17(6-5-14)8-12(15)16/h3-4,7,12H,5-6,8H2,1-2H3. The molecule has 0 saturated carbocycles. The number of ether oxygens (including phenoxy) is 2. The number of hydrogen-bond donors (Lipinski definition) is 0. The summed E-state index contributed by atoms with van der Waals surface area (Å²) in [5.41, 5.74) is 0.194. The number of carbonyl (C=O) groups excluding carboxylic acids is 1. The topological polar surface area (TPSA) is 38.8 Å². The van der Waals surface area contributed by atoms with Crippen molar-refractivity contribution in [3.8, 4) is 11.5 Å². The lowest BCUT2D eigenvalue weighted by Gasteiger charge is -2.22. The van der Waals surface area contributed by atoms with Crippen LogP contribution in [-0.4, -0.2) is 50.4 Å². The van der Waals surface area contributed by atoms with Gasteiger partial charge < -0.3 is 14.4 Å². The van der Waals surface area contributed by atoms with Gasteiger partial charge in [0.05, 0.1) is 26.3 Å². The second kappa shape index (κ2) is 7.89. The van der Waals surface area contributed by atoms with Crippen LogP contribution in [0, 0.1) is 0 Å². The summed E-state index contributed by atoms with van der Waals surface area (Å²) >= 11 is 5.54. The second-order valence-corrected chi connectivity index (χ2v) is 4.28. The van der Waals surface area contributed by atoms with E-state index in [-0.39, 0.29) is 23.7 Å². The molecular formula is C13H16ClF2NO3. The first kappa shape index (κ1) is 16.5. The van der Waals surface area contributed by atoms with Crippen LogP contribution in [0.2, 0.25) is 0 Å². The number of methoxy groups -OCH3 is 2. The molecule has 0 bridgehead atoms. The maximum absolute atomic E-state index is 12.5. The molecule has 0 unspecified atom stereocenters. The Morgan fingerprint density at radius 2 is 2.05 bits per heavy atom. The number of amides is 1. The van der Waals surface area contributed by atoms with E-state index in [4.69, 9.17) is 21.1 Å². The van der Waals surface area contributed by atoms with Crippen LogP contribution in [-0.2, 0) is 0 Å². The smallest absolute Gasteiger partial charge is 0.257 e. The monoisotopic (exact) mass is 307 g/mol. The van der Waals surface area contributed by atoms with Crippen molar-refractivity contribution in [1.29, 1.82) is 0 Å². The van der Waals surface area contributed by atoms with Crippen LogP contribution in [0.3, 0.4) is 0 Å². The molecular weight excluding hydrogens is 292 g/mol. The van der Waals surface area contributed by atoms with Gasteiger partial charge in [0.25, 0.3) is 12.3 Å². The maximum Gasteiger partial charge on any atom is 0.257 e. The van der Waals surface area contributed by atoms with Crippen LogP contribution < -0.4 is 9.47 Å². The fourth-order valence-corrected chi connectivity index (χ4v) is 1.89. The number of alkyl halides is 3. The van der Waals surface area contributed by atoms with Crippen LogP contribution in [0.4, 0.5) is 8.78 Å². The van der Waals surface area contributed by atoms with Gasteiger partial charge in [-0.05, 0) is 12.1 Å². The Morgan fingerprint density at radius 3 is 2.55 bits per heavy atom. The summed E-state index contributed by atoms with van der Waals surface area (Å²) in [6.45, 7) is -0.624. The number of benzene rings is 1. The van der Waals surface area contributed by atoms with Crippen molar-refractivity contribution in [3.63, 3.8) is 0 Å². The molecule has 0 fully saturated rings. The molecule has 1 rings (SSSR count). The van der Waals surface area contributed by atoms with Crippen LogP contribution in [0.15, 0.2) is 18.2 Å². The Labute approximate surface area is 121 Å². The summed E-state index contributed by atoms with van der Waals surface area (Å²) in [6.07, 6.45) is -2.62. The largest absolute Gasteiger partial charge is 0.497 e. The lowest BCUT2D eigenvalue weighted by Crippen LogP contribution is -2.36. The molecule has 0 spiro atoms. The van der Waals surface area contributed by atoms with Gasteiger partial charge in [0, 0.05) is 18.5 Å². The first-order valence-corrected chi connectivity index (χ1v) is 6.42. The molecule has 4 nitrogen and oxygen atoms in total. The molecule has 0 aliphatic heterocycles. The molecule has 20 heavy (non-hydrogen) atoms. The molecule has 7 heteroatoms. The van der Waals surface area contributed by atoms with Gasteiger partial charge in [0.15, 0.2) is 0 Å². The highest BCUT2D eigenvalue weighted by atomic mass is 35.5. The minimum atomic E-state index is -2.62. The van der Waals surface area contributed by atoms with Gasteiger partial charge in [-0.3, -0.25) is 4.79 Å². The molecule has 112 valence electrons. The Morgan fingerprint density at radius 1 is 1.35 bits per heavy atom. The molecule has 0 saturated heterocycles. The SMILES string of the molecule is COc1ccc(C(=O)N(CCCl)CC(F)F)c(OC)c1. The fourth-order valence-electron chi connectivity index (χ4n) is 1.69. The normalized spacial score (nSPS) is 10.5. The Kier molecular flexibility index (Phi) is 6.51. The van der Waals surface area contributed by atoms with E-state index in [1.54, 1.807) is 6.07 Å². The first-order chi connectivity index (χ1) is 9.53. The van der Waals surface area contributed by atoms with E-state index in [1.807, 2.05) is 0 Å². The second-order valence-electron chi connectivity index (χ2n) is 3.90. The van der Waals surface area contributed by atoms with Crippen LogP contribution in [0.1, 0.15) is 10.4 Å². The minimum absolute atomic E-state index is 0.0416. The lowest BCUT2D eigenvalue weighted by molar-refractivity contribution is 0.0568. The average Bonchev–Trinajstić information content (AvgIpc) is 2.44. The summed E-state index contributed by atoms with van der Waals surface area (Å²) in [5.74, 6) is 0.307. The van der Waals surface area contributed by atoms with Crippen molar-refractivity contribution in [2.24, 2.45) is 0 Å². The van der Waals surface area contributed by atoms with Gasteiger partial charge in [-0.1, -0.05) is 0 Å². The predicted octanol–water partition coefficient (Wildman–Crippen LogP) is 2.65. The highest BCUT2D eigenvalue weighted by Crippen LogP contribution is 2.26. The first-order valence-electron chi connectivity index (χ1n) is 5.88. The van der Waals surface area contributed by atoms with Crippen molar-refractivity contribution >= 4 is 17.5 Å². The summed E-state index contributed by atoms with van der Waals surface area (Å²) < 4.78 is 35.1. The van der Waals surface area contributed by atoms with Crippen LogP contribution in [0.25, 0.3) is 0 Å². The molecule has 0 atom stereocenters. The minimum Gasteiger partial charge on any atom is -0.497 e. The van der Waals surface area contributed by atoms with Crippen molar-refractivity contribution in [3.05, 3.63) is 23.8 Å². The van der Waals surface area contributed by atoms with Gasteiger partial charge in [-0.15, -0.1) is 11.6 Å². The fraction of sp³-hybridized carbons (Fsp3) is 0.462. The number of halogens is 3. The highest BCUT2D eigenvalue weighted by molar-refractivity contribution is 6.18. The van der Waals surface area contributed by atoms with E-state index in [9.17, 15) is 13.6 Å². The quantitative estimate of drug-likeness (QED) is 0.727. The van der Waals surface area contributed by atoms with E-state index < -0.39 is 18.9 Å². The summed E-state index contributed by atoms with van der Waals surface area (Å²) in [7, 11) is 2.87. The molecule has 0 N–H and O–H groups in total. The number of carbonyl (C=O) groups is 1. The molecule has 0 aliphatic rings. The molecule has 0 aromatic heterocycles.